The predicted octanol–water partition coefficient (Wildman–Crippen LogP) is 2.71. The number of carbonyl (C=O) groups excluding carboxylic acids is 1. The van der Waals surface area contributed by atoms with Gasteiger partial charge < -0.3 is 10.1 Å². The van der Waals surface area contributed by atoms with Gasteiger partial charge in [0.15, 0.2) is 0 Å². The van der Waals surface area contributed by atoms with Crippen molar-refractivity contribution in [2.75, 3.05) is 0 Å². The summed E-state index contributed by atoms with van der Waals surface area (Å²) in [6.07, 6.45) is 2.44. The van der Waals surface area contributed by atoms with Gasteiger partial charge in [-0.25, -0.2) is 0 Å². The lowest BCUT2D eigenvalue weighted by Gasteiger charge is -2.15. The Morgan fingerprint density at radius 2 is 2.25 bits per heavy atom. The van der Waals surface area contributed by atoms with Crippen LogP contribution in [0.5, 0.6) is 5.75 Å². The molecule has 2 rings (SSSR count). The molecule has 106 valence electrons. The lowest BCUT2D eigenvalue weighted by molar-refractivity contribution is -0.0498. The smallest absolute Gasteiger partial charge is 0.387 e. The van der Waals surface area contributed by atoms with Crippen LogP contribution in [0.25, 0.3) is 0 Å². The number of carbonyl (C=O) groups is 1. The van der Waals surface area contributed by atoms with Gasteiger partial charge in [0.2, 0.25) is 0 Å². The molecule has 1 N–H and O–H groups in total. The van der Waals surface area contributed by atoms with Crippen LogP contribution >= 0.6 is 0 Å². The largest absolute Gasteiger partial charge is 0.435 e. The molecule has 0 radical (unpaired) electrons. The average Bonchev–Trinajstić information content (AvgIpc) is 2.85. The summed E-state index contributed by atoms with van der Waals surface area (Å²) in [4.78, 5) is 12.0. The quantitative estimate of drug-likeness (QED) is 0.922. The molecule has 1 aliphatic rings. The van der Waals surface area contributed by atoms with Crippen molar-refractivity contribution in [3.63, 3.8) is 0 Å². The van der Waals surface area contributed by atoms with Crippen LogP contribution in [-0.4, -0.2) is 18.6 Å². The molecule has 0 heterocycles. The van der Waals surface area contributed by atoms with E-state index in [2.05, 4.69) is 16.1 Å². The minimum Gasteiger partial charge on any atom is -0.435 e. The van der Waals surface area contributed by atoms with E-state index in [4.69, 9.17) is 5.26 Å². The van der Waals surface area contributed by atoms with Gasteiger partial charge in [0.25, 0.3) is 5.91 Å². The molecule has 1 aromatic rings. The summed E-state index contributed by atoms with van der Waals surface area (Å²) >= 11 is 0. The molecule has 2 unspecified atom stereocenters. The monoisotopic (exact) mass is 280 g/mol. The van der Waals surface area contributed by atoms with E-state index in [1.807, 2.05) is 0 Å². The summed E-state index contributed by atoms with van der Waals surface area (Å²) in [7, 11) is 0. The molecule has 0 saturated heterocycles. The molecule has 1 saturated carbocycles. The van der Waals surface area contributed by atoms with Gasteiger partial charge >= 0.3 is 6.61 Å². The number of nitriles is 1. The number of halogens is 2. The maximum absolute atomic E-state index is 12.1. The number of nitrogens with zero attached hydrogens (tertiary/aromatic N) is 1. The normalized spacial score (nSPS) is 21.5. The summed E-state index contributed by atoms with van der Waals surface area (Å²) < 4.78 is 28.5. The minimum atomic E-state index is -2.92. The maximum Gasteiger partial charge on any atom is 0.387 e. The summed E-state index contributed by atoms with van der Waals surface area (Å²) in [6.45, 7) is -2.92. The molecule has 1 aromatic carbocycles. The van der Waals surface area contributed by atoms with Crippen LogP contribution in [0.3, 0.4) is 0 Å². The van der Waals surface area contributed by atoms with Crippen molar-refractivity contribution >= 4 is 5.91 Å². The van der Waals surface area contributed by atoms with E-state index < -0.39 is 6.61 Å². The van der Waals surface area contributed by atoms with Crippen LogP contribution in [0.2, 0.25) is 0 Å². The van der Waals surface area contributed by atoms with Crippen molar-refractivity contribution in [3.8, 4) is 11.8 Å². The Morgan fingerprint density at radius 1 is 1.45 bits per heavy atom. The van der Waals surface area contributed by atoms with Crippen LogP contribution in [-0.2, 0) is 0 Å². The molecule has 0 spiro atoms. The summed E-state index contributed by atoms with van der Waals surface area (Å²) in [5.41, 5.74) is 0.242. The molecular weight excluding hydrogens is 266 g/mol. The zero-order valence-corrected chi connectivity index (χ0v) is 10.7. The lowest BCUT2D eigenvalue weighted by atomic mass is 10.1. The predicted molar refractivity (Wildman–Crippen MR) is 67.3 cm³/mol. The molecule has 6 heteroatoms. The van der Waals surface area contributed by atoms with Gasteiger partial charge in [-0.15, -0.1) is 0 Å². The van der Waals surface area contributed by atoms with E-state index in [0.717, 1.165) is 19.3 Å². The molecule has 0 bridgehead atoms. The Labute approximate surface area is 115 Å². The second-order valence-electron chi connectivity index (χ2n) is 4.65. The Kier molecular flexibility index (Phi) is 4.51. The zero-order valence-electron chi connectivity index (χ0n) is 10.7. The maximum atomic E-state index is 12.1. The van der Waals surface area contributed by atoms with E-state index >= 15 is 0 Å². The first-order chi connectivity index (χ1) is 9.60. The second-order valence-corrected chi connectivity index (χ2v) is 4.65. The number of hydrogen-bond donors (Lipinski definition) is 1. The van der Waals surface area contributed by atoms with Gasteiger partial charge in [0.05, 0.1) is 12.0 Å². The van der Waals surface area contributed by atoms with E-state index in [9.17, 15) is 13.6 Å². The molecule has 2 atom stereocenters. The number of nitrogens with one attached hydrogen (secondary N) is 1. The number of amides is 1. The number of rotatable bonds is 4. The Hall–Kier alpha value is -2.16. The summed E-state index contributed by atoms with van der Waals surface area (Å²) in [5, 5.41) is 11.7. The van der Waals surface area contributed by atoms with Crippen molar-refractivity contribution in [2.24, 2.45) is 5.92 Å². The van der Waals surface area contributed by atoms with Crippen molar-refractivity contribution < 1.29 is 18.3 Å². The molecule has 4 nitrogen and oxygen atoms in total. The third kappa shape index (κ3) is 3.44. The highest BCUT2D eigenvalue weighted by Gasteiger charge is 2.28. The molecule has 1 amide bonds. The first-order valence-electron chi connectivity index (χ1n) is 6.35. The van der Waals surface area contributed by atoms with Crippen molar-refractivity contribution in [3.05, 3.63) is 29.8 Å². The van der Waals surface area contributed by atoms with Crippen molar-refractivity contribution in [1.82, 2.24) is 5.32 Å². The molecule has 0 aromatic heterocycles. The highest BCUT2D eigenvalue weighted by Crippen LogP contribution is 2.25. The molecule has 1 aliphatic carbocycles. The molecule has 0 aliphatic heterocycles. The fourth-order valence-electron chi connectivity index (χ4n) is 2.35. The van der Waals surface area contributed by atoms with Crippen LogP contribution in [0.15, 0.2) is 24.3 Å². The van der Waals surface area contributed by atoms with E-state index in [0.29, 0.717) is 0 Å². The minimum absolute atomic E-state index is 0.0593. The second kappa shape index (κ2) is 6.33. The fraction of sp³-hybridized carbons (Fsp3) is 0.429. The molecule has 20 heavy (non-hydrogen) atoms. The standard InChI is InChI=1S/C14H14F2N2O2/c15-14(16)20-11-5-1-3-9(7-11)13(19)18-12-6-2-4-10(12)8-17/h1,3,5,7,10,12,14H,2,4,6H2,(H,18,19). The Bertz CT molecular complexity index is 528. The lowest BCUT2D eigenvalue weighted by Crippen LogP contribution is -2.36. The fourth-order valence-corrected chi connectivity index (χ4v) is 2.35. The number of ether oxygens (including phenoxy) is 1. The number of alkyl halides is 2. The van der Waals surface area contributed by atoms with Crippen LogP contribution < -0.4 is 10.1 Å². The zero-order chi connectivity index (χ0) is 14.5. The average molecular weight is 280 g/mol. The first kappa shape index (κ1) is 14.3. The van der Waals surface area contributed by atoms with Crippen LogP contribution in [0.1, 0.15) is 29.6 Å². The van der Waals surface area contributed by atoms with E-state index in [1.165, 1.54) is 24.3 Å². The van der Waals surface area contributed by atoms with Crippen molar-refractivity contribution in [2.45, 2.75) is 31.9 Å². The van der Waals surface area contributed by atoms with Crippen LogP contribution in [0.4, 0.5) is 8.78 Å². The number of hydrogen-bond acceptors (Lipinski definition) is 3. The number of benzene rings is 1. The van der Waals surface area contributed by atoms with Gasteiger partial charge in [-0.3, -0.25) is 4.79 Å². The highest BCUT2D eigenvalue weighted by molar-refractivity contribution is 5.94. The van der Waals surface area contributed by atoms with Crippen LogP contribution in [0, 0.1) is 17.2 Å². The molecule has 1 fully saturated rings. The van der Waals surface area contributed by atoms with E-state index in [-0.39, 0.29) is 29.2 Å². The third-order valence-corrected chi connectivity index (χ3v) is 3.32. The van der Waals surface area contributed by atoms with Gasteiger partial charge in [-0.05, 0) is 37.5 Å². The summed E-state index contributed by atoms with van der Waals surface area (Å²) in [5.74, 6) is -0.618. The third-order valence-electron chi connectivity index (χ3n) is 3.32. The van der Waals surface area contributed by atoms with Gasteiger partial charge in [0.1, 0.15) is 5.75 Å². The first-order valence-corrected chi connectivity index (χ1v) is 6.35. The summed E-state index contributed by atoms with van der Waals surface area (Å²) in [6, 6.07) is 7.61. The Balaban J connectivity index is 2.04. The Morgan fingerprint density at radius 3 is 2.95 bits per heavy atom. The van der Waals surface area contributed by atoms with E-state index in [1.54, 1.807) is 0 Å². The molecular formula is C14H14F2N2O2. The van der Waals surface area contributed by atoms with Crippen molar-refractivity contribution in [1.29, 1.82) is 5.26 Å². The SMILES string of the molecule is N#CC1CCCC1NC(=O)c1cccc(OC(F)F)c1. The van der Waals surface area contributed by atoms with Gasteiger partial charge in [-0.1, -0.05) is 6.07 Å². The van der Waals surface area contributed by atoms with Gasteiger partial charge in [-0.2, -0.15) is 14.0 Å². The van der Waals surface area contributed by atoms with Gasteiger partial charge in [0, 0.05) is 11.6 Å². The highest BCUT2D eigenvalue weighted by atomic mass is 19.3. The topological polar surface area (TPSA) is 62.1 Å².